The zero-order valence-corrected chi connectivity index (χ0v) is 12.5. The van der Waals surface area contributed by atoms with Crippen LogP contribution in [-0.4, -0.2) is 35.1 Å². The number of alkyl halides is 3. The van der Waals surface area contributed by atoms with E-state index in [1.165, 1.54) is 12.1 Å². The Balaban J connectivity index is 2.09. The molecule has 1 unspecified atom stereocenters. The number of rotatable bonds is 4. The minimum absolute atomic E-state index is 0.258. The molecule has 1 aliphatic heterocycles. The highest BCUT2D eigenvalue weighted by atomic mass is 19.4. The van der Waals surface area contributed by atoms with E-state index < -0.39 is 18.2 Å². The number of hydrogen-bond donors (Lipinski definition) is 2. The Morgan fingerprint density at radius 1 is 1.17 bits per heavy atom. The molecule has 1 saturated heterocycles. The van der Waals surface area contributed by atoms with Gasteiger partial charge in [0.15, 0.2) is 0 Å². The maximum atomic E-state index is 12.2. The fraction of sp³-hybridized carbons (Fsp3) is 0.438. The van der Waals surface area contributed by atoms with Crippen LogP contribution in [0.3, 0.4) is 0 Å². The number of nitrogens with two attached hydrogens (primary N) is 1. The number of nitrogens with zero attached hydrogens (tertiary/aromatic N) is 1. The summed E-state index contributed by atoms with van der Waals surface area (Å²) in [5.74, 6) is -1.99. The number of carbonyl (C=O) groups is 1. The number of halogens is 3. The number of piperidine rings is 1. The van der Waals surface area contributed by atoms with E-state index in [0.717, 1.165) is 32.4 Å². The lowest BCUT2D eigenvalue weighted by Crippen LogP contribution is -2.33. The van der Waals surface area contributed by atoms with Crippen LogP contribution in [0, 0.1) is 0 Å². The molecule has 0 bridgehead atoms. The molecule has 0 radical (unpaired) electrons. The normalized spacial score (nSPS) is 18.7. The average molecular weight is 328 g/mol. The molecule has 0 amide bonds. The van der Waals surface area contributed by atoms with Gasteiger partial charge in [0.05, 0.1) is 0 Å². The Hall–Kier alpha value is -1.86. The molecule has 126 valence electrons. The number of hydrogen-bond acceptors (Lipinski definition) is 4. The SMILES string of the molecule is NC(=CC(=O)C(F)(F)F)c1ccc(C(O)N2CCCCC2)cc1. The van der Waals surface area contributed by atoms with Crippen molar-refractivity contribution in [1.82, 2.24) is 4.90 Å². The van der Waals surface area contributed by atoms with Gasteiger partial charge in [-0.2, -0.15) is 13.2 Å². The fourth-order valence-corrected chi connectivity index (χ4v) is 2.53. The zero-order chi connectivity index (χ0) is 17.0. The third kappa shape index (κ3) is 4.56. The first-order valence-corrected chi connectivity index (χ1v) is 7.40. The molecular formula is C16H19F3N2O2. The monoisotopic (exact) mass is 328 g/mol. The standard InChI is InChI=1S/C16H19F3N2O2/c17-16(18,19)14(22)10-13(20)11-4-6-12(7-5-11)15(23)21-8-2-1-3-9-21/h4-7,10,15,23H,1-3,8-9,20H2. The number of aliphatic hydroxyl groups excluding tert-OH is 1. The van der Waals surface area contributed by atoms with Crippen LogP contribution in [0.5, 0.6) is 0 Å². The maximum absolute atomic E-state index is 12.2. The lowest BCUT2D eigenvalue weighted by atomic mass is 10.0. The molecule has 1 aliphatic rings. The highest BCUT2D eigenvalue weighted by molar-refractivity contribution is 5.99. The summed E-state index contributed by atoms with van der Waals surface area (Å²) < 4.78 is 36.6. The second-order valence-electron chi connectivity index (χ2n) is 5.55. The second-order valence-corrected chi connectivity index (χ2v) is 5.55. The van der Waals surface area contributed by atoms with Gasteiger partial charge in [-0.1, -0.05) is 30.7 Å². The molecule has 0 aromatic heterocycles. The third-order valence-corrected chi connectivity index (χ3v) is 3.84. The number of aliphatic hydroxyl groups is 1. The summed E-state index contributed by atoms with van der Waals surface area (Å²) in [5, 5.41) is 10.3. The summed E-state index contributed by atoms with van der Waals surface area (Å²) in [5.41, 5.74) is 6.22. The van der Waals surface area contributed by atoms with Crippen molar-refractivity contribution < 1.29 is 23.1 Å². The molecule has 1 atom stereocenters. The predicted octanol–water partition coefficient (Wildman–Crippen LogP) is 2.59. The summed E-state index contributed by atoms with van der Waals surface area (Å²) in [6.45, 7) is 1.62. The van der Waals surface area contributed by atoms with E-state index in [4.69, 9.17) is 5.73 Å². The molecule has 7 heteroatoms. The molecule has 1 aromatic carbocycles. The van der Waals surface area contributed by atoms with Crippen LogP contribution >= 0.6 is 0 Å². The second kappa shape index (κ2) is 7.14. The number of ketones is 1. The van der Waals surface area contributed by atoms with Crippen LogP contribution in [0.25, 0.3) is 5.70 Å². The Labute approximate surface area is 132 Å². The number of carbonyl (C=O) groups excluding carboxylic acids is 1. The Kier molecular flexibility index (Phi) is 5.43. The Bertz CT molecular complexity index is 576. The Morgan fingerprint density at radius 3 is 2.26 bits per heavy atom. The quantitative estimate of drug-likeness (QED) is 0.834. The number of likely N-dealkylation sites (tertiary alicyclic amines) is 1. The zero-order valence-electron chi connectivity index (χ0n) is 12.5. The summed E-state index contributed by atoms with van der Waals surface area (Å²) in [6, 6.07) is 6.21. The first-order chi connectivity index (χ1) is 10.8. The molecule has 2 rings (SSSR count). The molecule has 1 aromatic rings. The molecule has 1 heterocycles. The topological polar surface area (TPSA) is 66.6 Å². The molecule has 1 fully saturated rings. The van der Waals surface area contributed by atoms with Crippen molar-refractivity contribution in [3.8, 4) is 0 Å². The van der Waals surface area contributed by atoms with Gasteiger partial charge in [0.1, 0.15) is 6.23 Å². The predicted molar refractivity (Wildman–Crippen MR) is 80.1 cm³/mol. The van der Waals surface area contributed by atoms with Gasteiger partial charge in [-0.15, -0.1) is 0 Å². The minimum Gasteiger partial charge on any atom is -0.398 e. The minimum atomic E-state index is -4.94. The van der Waals surface area contributed by atoms with E-state index in [1.54, 1.807) is 12.1 Å². The van der Waals surface area contributed by atoms with Crippen LogP contribution in [0.2, 0.25) is 0 Å². The molecule has 0 saturated carbocycles. The van der Waals surface area contributed by atoms with Crippen molar-refractivity contribution in [2.45, 2.75) is 31.7 Å². The number of allylic oxidation sites excluding steroid dienone is 1. The summed E-state index contributed by atoms with van der Waals surface area (Å²) in [6.07, 6.45) is -2.09. The van der Waals surface area contributed by atoms with Crippen molar-refractivity contribution in [2.75, 3.05) is 13.1 Å². The average Bonchev–Trinajstić information content (AvgIpc) is 2.54. The lowest BCUT2D eigenvalue weighted by Gasteiger charge is -2.31. The maximum Gasteiger partial charge on any atom is 0.454 e. The van der Waals surface area contributed by atoms with E-state index in [1.807, 2.05) is 4.90 Å². The van der Waals surface area contributed by atoms with Crippen molar-refractivity contribution in [3.63, 3.8) is 0 Å². The van der Waals surface area contributed by atoms with Gasteiger partial charge >= 0.3 is 6.18 Å². The fourth-order valence-electron chi connectivity index (χ4n) is 2.53. The van der Waals surface area contributed by atoms with Gasteiger partial charge in [0.25, 0.3) is 5.78 Å². The molecule has 0 aliphatic carbocycles. The molecule has 23 heavy (non-hydrogen) atoms. The Morgan fingerprint density at radius 2 is 1.74 bits per heavy atom. The summed E-state index contributed by atoms with van der Waals surface area (Å²) >= 11 is 0. The van der Waals surface area contributed by atoms with Gasteiger partial charge in [-0.05, 0) is 24.0 Å². The van der Waals surface area contributed by atoms with Gasteiger partial charge < -0.3 is 10.8 Å². The number of benzene rings is 1. The van der Waals surface area contributed by atoms with Crippen LogP contribution < -0.4 is 5.73 Å². The van der Waals surface area contributed by atoms with E-state index in [2.05, 4.69) is 0 Å². The summed E-state index contributed by atoms with van der Waals surface area (Å²) in [4.78, 5) is 12.9. The van der Waals surface area contributed by atoms with E-state index in [-0.39, 0.29) is 5.70 Å². The van der Waals surface area contributed by atoms with Gasteiger partial charge in [-0.3, -0.25) is 9.69 Å². The molecule has 4 nitrogen and oxygen atoms in total. The third-order valence-electron chi connectivity index (χ3n) is 3.84. The van der Waals surface area contributed by atoms with Gasteiger partial charge in [-0.25, -0.2) is 0 Å². The van der Waals surface area contributed by atoms with Crippen LogP contribution in [-0.2, 0) is 4.79 Å². The van der Waals surface area contributed by atoms with E-state index in [0.29, 0.717) is 17.2 Å². The van der Waals surface area contributed by atoms with Crippen LogP contribution in [0.1, 0.15) is 36.6 Å². The first kappa shape index (κ1) is 17.5. The highest BCUT2D eigenvalue weighted by Gasteiger charge is 2.36. The largest absolute Gasteiger partial charge is 0.454 e. The summed E-state index contributed by atoms with van der Waals surface area (Å²) in [7, 11) is 0. The van der Waals surface area contributed by atoms with Crippen LogP contribution in [0.4, 0.5) is 13.2 Å². The van der Waals surface area contributed by atoms with Crippen molar-refractivity contribution in [3.05, 3.63) is 41.5 Å². The van der Waals surface area contributed by atoms with Crippen LogP contribution in [0.15, 0.2) is 30.3 Å². The van der Waals surface area contributed by atoms with E-state index >= 15 is 0 Å². The highest BCUT2D eigenvalue weighted by Crippen LogP contribution is 2.24. The molecule has 3 N–H and O–H groups in total. The van der Waals surface area contributed by atoms with Gasteiger partial charge in [0, 0.05) is 24.9 Å². The molecule has 0 spiro atoms. The first-order valence-electron chi connectivity index (χ1n) is 7.40. The van der Waals surface area contributed by atoms with Gasteiger partial charge in [0.2, 0.25) is 0 Å². The lowest BCUT2D eigenvalue weighted by molar-refractivity contribution is -0.165. The van der Waals surface area contributed by atoms with Crippen molar-refractivity contribution in [2.24, 2.45) is 5.73 Å². The molecular weight excluding hydrogens is 309 g/mol. The van der Waals surface area contributed by atoms with Crippen molar-refractivity contribution in [1.29, 1.82) is 0 Å². The van der Waals surface area contributed by atoms with Crippen molar-refractivity contribution >= 4 is 11.5 Å². The van der Waals surface area contributed by atoms with E-state index in [9.17, 15) is 23.1 Å². The smallest absolute Gasteiger partial charge is 0.398 e.